The summed E-state index contributed by atoms with van der Waals surface area (Å²) in [6.07, 6.45) is 3.15. The van der Waals surface area contributed by atoms with E-state index in [0.29, 0.717) is 49.2 Å². The van der Waals surface area contributed by atoms with Gasteiger partial charge in [-0.15, -0.1) is 0 Å². The van der Waals surface area contributed by atoms with E-state index in [4.69, 9.17) is 43.4 Å². The van der Waals surface area contributed by atoms with Gasteiger partial charge in [-0.05, 0) is 42.0 Å². The van der Waals surface area contributed by atoms with Gasteiger partial charge in [-0.1, -0.05) is 37.7 Å². The molecule has 256 valence electrons. The number of carbonyl (C=O) groups is 1. The van der Waals surface area contributed by atoms with Gasteiger partial charge in [-0.2, -0.15) is 0 Å². The van der Waals surface area contributed by atoms with E-state index in [-0.39, 0.29) is 36.2 Å². The minimum Gasteiger partial charge on any atom is -0.497 e. The molecule has 48 heavy (non-hydrogen) atoms. The van der Waals surface area contributed by atoms with Gasteiger partial charge in [0, 0.05) is 25.1 Å². The molecule has 1 amide bonds. The molecule has 1 aromatic heterocycles. The number of rotatable bonds is 10. The molecule has 3 aliphatic rings. The first-order valence-corrected chi connectivity index (χ1v) is 16.8. The number of ether oxygens (including phenoxy) is 6. The van der Waals surface area contributed by atoms with Crippen LogP contribution in [0.3, 0.4) is 0 Å². The highest BCUT2D eigenvalue weighted by Gasteiger charge is 2.46. The molecule has 2 aromatic carbocycles. The highest BCUT2D eigenvalue weighted by atomic mass is 32.2. The molecule has 0 bridgehead atoms. The number of aromatic nitrogens is 2. The molecule has 4 atom stereocenters. The number of carbonyl (C=O) groups excluding carboxylic acids is 1. The normalized spacial score (nSPS) is 21.6. The van der Waals surface area contributed by atoms with Crippen molar-refractivity contribution in [2.24, 2.45) is 23.0 Å². The largest absolute Gasteiger partial charge is 0.497 e. The molecule has 1 saturated heterocycles. The van der Waals surface area contributed by atoms with Crippen molar-refractivity contribution < 1.29 is 33.2 Å². The van der Waals surface area contributed by atoms with Crippen LogP contribution >= 0.6 is 11.8 Å². The Morgan fingerprint density at radius 3 is 2.31 bits per heavy atom. The fourth-order valence-electron chi connectivity index (χ4n) is 6.78. The van der Waals surface area contributed by atoms with Crippen molar-refractivity contribution in [1.29, 1.82) is 0 Å². The number of aryl methyl sites for hydroxylation is 1. The van der Waals surface area contributed by atoms with Crippen molar-refractivity contribution in [3.05, 3.63) is 59.0 Å². The van der Waals surface area contributed by atoms with Crippen molar-refractivity contribution in [3.63, 3.8) is 0 Å². The summed E-state index contributed by atoms with van der Waals surface area (Å²) in [5.41, 5.74) is 4.03. The molecule has 1 fully saturated rings. The lowest BCUT2D eigenvalue weighted by Gasteiger charge is -2.39. The fraction of sp³-hybridized carbons (Fsp3) is 0.486. The molecule has 4 heterocycles. The number of amides is 1. The Kier molecular flexibility index (Phi) is 9.77. The Labute approximate surface area is 285 Å². The van der Waals surface area contributed by atoms with Gasteiger partial charge >= 0.3 is 6.09 Å². The lowest BCUT2D eigenvalue weighted by atomic mass is 9.85. The Morgan fingerprint density at radius 1 is 0.938 bits per heavy atom. The van der Waals surface area contributed by atoms with E-state index in [1.54, 1.807) is 47.3 Å². The third-order valence-corrected chi connectivity index (χ3v) is 10.4. The molecular weight excluding hydrogens is 634 g/mol. The number of benzene rings is 2. The number of imidazole rings is 1. The maximum absolute atomic E-state index is 13.2. The number of hydrogen-bond donors (Lipinski definition) is 0. The number of hydrogen-bond acceptors (Lipinski definition) is 11. The van der Waals surface area contributed by atoms with Crippen LogP contribution in [0.1, 0.15) is 42.3 Å². The fourth-order valence-corrected chi connectivity index (χ4v) is 7.97. The highest BCUT2D eigenvalue weighted by Crippen LogP contribution is 2.51. The van der Waals surface area contributed by atoms with Crippen molar-refractivity contribution in [3.8, 4) is 17.2 Å². The third-order valence-electron chi connectivity index (χ3n) is 9.23. The predicted molar refractivity (Wildman–Crippen MR) is 182 cm³/mol. The molecule has 0 spiro atoms. The first-order chi connectivity index (χ1) is 23.2. The Hall–Kier alpha value is -4.39. The molecule has 0 N–H and O–H groups in total. The third kappa shape index (κ3) is 6.15. The van der Waals surface area contributed by atoms with Crippen LogP contribution in [0.5, 0.6) is 17.2 Å². The molecule has 0 aliphatic carbocycles. The number of fused-ring (bicyclic) bond motifs is 2. The highest BCUT2D eigenvalue weighted by molar-refractivity contribution is 7.99. The van der Waals surface area contributed by atoms with Crippen LogP contribution in [-0.4, -0.2) is 92.6 Å². The second-order valence-electron chi connectivity index (χ2n) is 12.4. The smallest absolute Gasteiger partial charge is 0.410 e. The van der Waals surface area contributed by atoms with Crippen molar-refractivity contribution >= 4 is 29.7 Å². The number of aliphatic imine (C=N–C) groups is 2. The minimum absolute atomic E-state index is 0.133. The molecule has 13 heteroatoms. The quantitative estimate of drug-likeness (QED) is 0.282. The van der Waals surface area contributed by atoms with E-state index < -0.39 is 0 Å². The van der Waals surface area contributed by atoms with Crippen LogP contribution in [0.25, 0.3) is 0 Å². The maximum Gasteiger partial charge on any atom is 0.410 e. The van der Waals surface area contributed by atoms with Gasteiger partial charge in [0.25, 0.3) is 0 Å². The zero-order valence-electron chi connectivity index (χ0n) is 28.7. The lowest BCUT2D eigenvalue weighted by Crippen LogP contribution is -2.43. The first kappa shape index (κ1) is 33.5. The van der Waals surface area contributed by atoms with E-state index in [2.05, 4.69) is 13.8 Å². The topological polar surface area (TPSA) is 118 Å². The first-order valence-electron chi connectivity index (χ1n) is 16.0. The Morgan fingerprint density at radius 2 is 1.67 bits per heavy atom. The standard InChI is InChI=1S/C35H43N5O7S/c1-19(2)30-33(46-8)37-24(32(38-30)45-7)15-26-34(36-18-39(26)3)48-31-23-14-21-17-47-35(41)40(21)25(13-20-9-11-22(42-4)12-10-20)29(23)27(43-5)16-28(31)44-6/h9-12,16,18-19,21,24-25,30H,13-15,17H2,1-8H3/t21-,24-,25-,30+/m0/s1. The molecule has 3 aliphatic heterocycles. The van der Waals surface area contributed by atoms with E-state index >= 15 is 0 Å². The van der Waals surface area contributed by atoms with Gasteiger partial charge in [0.05, 0.1) is 64.5 Å². The zero-order valence-corrected chi connectivity index (χ0v) is 29.5. The SMILES string of the molecule is COC1=N[C@H](C(C)C)C(OC)=N[C@H]1Cc1c(Sc2c(OC)cc(OC)c3c2C[C@H]2COC(=O)N2[C@H]3Cc2ccc(OC)cc2)ncn1C. The molecule has 6 rings (SSSR count). The Bertz CT molecular complexity index is 1720. The van der Waals surface area contributed by atoms with Gasteiger partial charge in [0.1, 0.15) is 41.0 Å². The number of methoxy groups -OCH3 is 5. The van der Waals surface area contributed by atoms with Gasteiger partial charge in [0.2, 0.25) is 11.8 Å². The van der Waals surface area contributed by atoms with E-state index in [0.717, 1.165) is 38.1 Å². The van der Waals surface area contributed by atoms with Gasteiger partial charge in [-0.25, -0.2) is 19.8 Å². The molecule has 0 unspecified atom stereocenters. The van der Waals surface area contributed by atoms with E-state index in [1.165, 1.54) is 0 Å². The van der Waals surface area contributed by atoms with Crippen LogP contribution in [0.2, 0.25) is 0 Å². The van der Waals surface area contributed by atoms with Crippen LogP contribution < -0.4 is 14.2 Å². The summed E-state index contributed by atoms with van der Waals surface area (Å²) in [6, 6.07) is 8.81. The van der Waals surface area contributed by atoms with Crippen molar-refractivity contribution in [1.82, 2.24) is 14.5 Å². The van der Waals surface area contributed by atoms with E-state index in [9.17, 15) is 4.79 Å². The van der Waals surface area contributed by atoms with Gasteiger partial charge < -0.3 is 33.0 Å². The van der Waals surface area contributed by atoms with Crippen molar-refractivity contribution in [2.75, 3.05) is 42.2 Å². The average molecular weight is 678 g/mol. The lowest BCUT2D eigenvalue weighted by molar-refractivity contribution is 0.139. The van der Waals surface area contributed by atoms with E-state index in [1.807, 2.05) is 53.2 Å². The summed E-state index contributed by atoms with van der Waals surface area (Å²) >= 11 is 1.54. The maximum atomic E-state index is 13.2. The molecule has 12 nitrogen and oxygen atoms in total. The molecular formula is C35H43N5O7S. The van der Waals surface area contributed by atoms with Crippen molar-refractivity contribution in [2.45, 2.75) is 67.2 Å². The summed E-state index contributed by atoms with van der Waals surface area (Å²) in [5.74, 6) is 3.47. The van der Waals surface area contributed by atoms with Crippen LogP contribution in [-0.2, 0) is 40.5 Å². The summed E-state index contributed by atoms with van der Waals surface area (Å²) in [4.78, 5) is 30.6. The molecule has 0 saturated carbocycles. The average Bonchev–Trinajstić information content (AvgIpc) is 3.65. The summed E-state index contributed by atoms with van der Waals surface area (Å²) in [5, 5.41) is 0.812. The predicted octanol–water partition coefficient (Wildman–Crippen LogP) is 5.30. The number of cyclic esters (lactones) is 1. The van der Waals surface area contributed by atoms with Crippen LogP contribution in [0.4, 0.5) is 4.79 Å². The Balaban J connectivity index is 1.41. The summed E-state index contributed by atoms with van der Waals surface area (Å²) in [6.45, 7) is 4.49. The summed E-state index contributed by atoms with van der Waals surface area (Å²) in [7, 11) is 10.2. The molecule has 3 aromatic rings. The zero-order chi connectivity index (χ0) is 34.1. The molecule has 0 radical (unpaired) electrons. The van der Waals surface area contributed by atoms with Gasteiger partial charge in [0.15, 0.2) is 0 Å². The minimum atomic E-state index is -0.370. The van der Waals surface area contributed by atoms with Gasteiger partial charge in [-0.3, -0.25) is 4.90 Å². The second kappa shape index (κ2) is 14.0. The second-order valence-corrected chi connectivity index (χ2v) is 13.4. The number of nitrogens with zero attached hydrogens (tertiary/aromatic N) is 5. The van der Waals surface area contributed by atoms with Crippen LogP contribution in [0, 0.1) is 5.92 Å². The van der Waals surface area contributed by atoms with Crippen LogP contribution in [0.15, 0.2) is 56.6 Å². The monoisotopic (exact) mass is 677 g/mol. The summed E-state index contributed by atoms with van der Waals surface area (Å²) < 4.78 is 36.4.